The fraction of sp³-hybridized carbons (Fsp3) is 0.474. The second-order valence-electron chi connectivity index (χ2n) is 6.57. The third-order valence-electron chi connectivity index (χ3n) is 4.52. The molecule has 2 aromatic rings. The second kappa shape index (κ2) is 8.16. The molecule has 6 nitrogen and oxygen atoms in total. The highest BCUT2D eigenvalue weighted by Gasteiger charge is 2.23. The smallest absolute Gasteiger partial charge is 0.253 e. The molecule has 3 heterocycles. The Balaban J connectivity index is 1.43. The molecule has 1 fully saturated rings. The van der Waals surface area contributed by atoms with Crippen molar-refractivity contribution in [3.63, 3.8) is 0 Å². The predicted molar refractivity (Wildman–Crippen MR) is 96.4 cm³/mol. The Morgan fingerprint density at radius 3 is 2.44 bits per heavy atom. The van der Waals surface area contributed by atoms with Crippen molar-refractivity contribution in [2.45, 2.75) is 39.2 Å². The lowest BCUT2D eigenvalue weighted by Crippen LogP contribution is -2.45. The summed E-state index contributed by atoms with van der Waals surface area (Å²) in [6.07, 6.45) is 6.11. The molecule has 1 aliphatic rings. The number of aryl methyl sites for hydroxylation is 2. The van der Waals surface area contributed by atoms with E-state index < -0.39 is 0 Å². The maximum absolute atomic E-state index is 12.4. The minimum Gasteiger partial charge on any atom is -0.339 e. The number of hydrogen-bond acceptors (Lipinski definition) is 5. The van der Waals surface area contributed by atoms with Gasteiger partial charge in [-0.15, -0.1) is 0 Å². The summed E-state index contributed by atoms with van der Waals surface area (Å²) in [5, 5.41) is 3.58. The first-order valence-electron chi connectivity index (χ1n) is 8.85. The fourth-order valence-electron chi connectivity index (χ4n) is 3.26. The summed E-state index contributed by atoms with van der Waals surface area (Å²) in [6, 6.07) is 5.99. The summed E-state index contributed by atoms with van der Waals surface area (Å²) in [5.41, 5.74) is 2.75. The normalized spacial score (nSPS) is 15.4. The van der Waals surface area contributed by atoms with Gasteiger partial charge in [0.15, 0.2) is 0 Å². The summed E-state index contributed by atoms with van der Waals surface area (Å²) in [4.78, 5) is 27.3. The van der Waals surface area contributed by atoms with Gasteiger partial charge in [0.05, 0.1) is 0 Å². The van der Waals surface area contributed by atoms with Crippen LogP contribution in [0.2, 0.25) is 0 Å². The minimum absolute atomic E-state index is 0.101. The molecule has 0 radical (unpaired) electrons. The first-order valence-corrected chi connectivity index (χ1v) is 8.85. The van der Waals surface area contributed by atoms with E-state index in [1.807, 2.05) is 24.8 Å². The number of pyridine rings is 1. The van der Waals surface area contributed by atoms with Crippen molar-refractivity contribution >= 4 is 5.91 Å². The maximum atomic E-state index is 12.4. The average Bonchev–Trinajstić information content (AvgIpc) is 2.62. The highest BCUT2D eigenvalue weighted by molar-refractivity contribution is 5.94. The van der Waals surface area contributed by atoms with E-state index in [2.05, 4.69) is 20.3 Å². The molecule has 1 amide bonds. The summed E-state index contributed by atoms with van der Waals surface area (Å²) >= 11 is 0. The summed E-state index contributed by atoms with van der Waals surface area (Å²) < 4.78 is 0. The topological polar surface area (TPSA) is 71.0 Å². The lowest BCUT2D eigenvalue weighted by Gasteiger charge is -2.32. The van der Waals surface area contributed by atoms with Crippen molar-refractivity contribution in [1.82, 2.24) is 25.2 Å². The molecule has 0 saturated carbocycles. The van der Waals surface area contributed by atoms with E-state index in [9.17, 15) is 4.79 Å². The largest absolute Gasteiger partial charge is 0.339 e. The van der Waals surface area contributed by atoms with Gasteiger partial charge in [0.1, 0.15) is 5.82 Å². The molecule has 2 aromatic heterocycles. The standard InChI is InChI=1S/C19H25N5O/c1-14-13-15(2)23-18(22-14)5-10-21-17-6-11-24(12-7-17)19(25)16-3-8-20-9-4-16/h3-4,8-9,13,17,21H,5-7,10-12H2,1-2H3. The monoisotopic (exact) mass is 339 g/mol. The molecule has 1 N–H and O–H groups in total. The van der Waals surface area contributed by atoms with Crippen LogP contribution >= 0.6 is 0 Å². The van der Waals surface area contributed by atoms with Crippen LogP contribution in [0.4, 0.5) is 0 Å². The van der Waals surface area contributed by atoms with Crippen molar-refractivity contribution in [3.05, 3.63) is 53.4 Å². The summed E-state index contributed by atoms with van der Waals surface area (Å²) in [7, 11) is 0. The highest BCUT2D eigenvalue weighted by atomic mass is 16.2. The van der Waals surface area contributed by atoms with Gasteiger partial charge in [-0.1, -0.05) is 0 Å². The Hall–Kier alpha value is -2.34. The molecule has 0 aliphatic carbocycles. The number of likely N-dealkylation sites (tertiary alicyclic amines) is 1. The Morgan fingerprint density at radius 2 is 1.80 bits per heavy atom. The number of nitrogens with zero attached hydrogens (tertiary/aromatic N) is 4. The lowest BCUT2D eigenvalue weighted by atomic mass is 10.0. The number of piperidine rings is 1. The van der Waals surface area contributed by atoms with Crippen molar-refractivity contribution in [3.8, 4) is 0 Å². The third kappa shape index (κ3) is 4.82. The molecule has 6 heteroatoms. The molecule has 0 unspecified atom stereocenters. The maximum Gasteiger partial charge on any atom is 0.253 e. The number of hydrogen-bond donors (Lipinski definition) is 1. The van der Waals surface area contributed by atoms with E-state index in [1.54, 1.807) is 24.5 Å². The van der Waals surface area contributed by atoms with E-state index in [0.717, 1.165) is 56.1 Å². The van der Waals surface area contributed by atoms with Crippen molar-refractivity contribution in [1.29, 1.82) is 0 Å². The summed E-state index contributed by atoms with van der Waals surface area (Å²) in [6.45, 7) is 6.45. The van der Waals surface area contributed by atoms with Gasteiger partial charge in [0, 0.05) is 61.4 Å². The van der Waals surface area contributed by atoms with Gasteiger partial charge < -0.3 is 10.2 Å². The number of carbonyl (C=O) groups excluding carboxylic acids is 1. The third-order valence-corrected chi connectivity index (χ3v) is 4.52. The Morgan fingerprint density at radius 1 is 1.16 bits per heavy atom. The molecule has 25 heavy (non-hydrogen) atoms. The Labute approximate surface area is 148 Å². The lowest BCUT2D eigenvalue weighted by molar-refractivity contribution is 0.0705. The van der Waals surface area contributed by atoms with Gasteiger partial charge in [0.2, 0.25) is 0 Å². The van der Waals surface area contributed by atoms with Crippen LogP contribution < -0.4 is 5.32 Å². The average molecular weight is 339 g/mol. The van der Waals surface area contributed by atoms with Crippen molar-refractivity contribution < 1.29 is 4.79 Å². The van der Waals surface area contributed by atoms with Crippen molar-refractivity contribution in [2.24, 2.45) is 0 Å². The number of rotatable bonds is 5. The molecule has 0 bridgehead atoms. The molecule has 0 atom stereocenters. The number of carbonyl (C=O) groups is 1. The predicted octanol–water partition coefficient (Wildman–Crippen LogP) is 1.93. The van der Waals surface area contributed by atoms with Crippen LogP contribution in [0.1, 0.15) is 40.4 Å². The number of nitrogens with one attached hydrogen (secondary N) is 1. The van der Waals surface area contributed by atoms with Crippen LogP contribution in [0.15, 0.2) is 30.6 Å². The van der Waals surface area contributed by atoms with Gasteiger partial charge in [-0.2, -0.15) is 0 Å². The highest BCUT2D eigenvalue weighted by Crippen LogP contribution is 2.13. The molecule has 132 valence electrons. The number of amides is 1. The van der Waals surface area contributed by atoms with E-state index in [0.29, 0.717) is 11.6 Å². The quantitative estimate of drug-likeness (QED) is 0.901. The van der Waals surface area contributed by atoms with Crippen LogP contribution in [0.25, 0.3) is 0 Å². The zero-order valence-electron chi connectivity index (χ0n) is 14.9. The van der Waals surface area contributed by atoms with Crippen LogP contribution in [0.5, 0.6) is 0 Å². The second-order valence-corrected chi connectivity index (χ2v) is 6.57. The van der Waals surface area contributed by atoms with Gasteiger partial charge in [0.25, 0.3) is 5.91 Å². The van der Waals surface area contributed by atoms with Crippen molar-refractivity contribution in [2.75, 3.05) is 19.6 Å². The van der Waals surface area contributed by atoms with Gasteiger partial charge in [-0.05, 0) is 44.9 Å². The first kappa shape index (κ1) is 17.5. The Kier molecular flexibility index (Phi) is 5.71. The SMILES string of the molecule is Cc1cc(C)nc(CCNC2CCN(C(=O)c3ccncc3)CC2)n1. The minimum atomic E-state index is 0.101. The number of aromatic nitrogens is 3. The molecule has 0 spiro atoms. The summed E-state index contributed by atoms with van der Waals surface area (Å²) in [5.74, 6) is 1.000. The molecule has 0 aromatic carbocycles. The molecular formula is C19H25N5O. The van der Waals surface area contributed by atoms with Crippen LogP contribution in [0.3, 0.4) is 0 Å². The van der Waals surface area contributed by atoms with E-state index in [1.165, 1.54) is 0 Å². The van der Waals surface area contributed by atoms with Gasteiger partial charge >= 0.3 is 0 Å². The molecule has 3 rings (SSSR count). The fourth-order valence-corrected chi connectivity index (χ4v) is 3.26. The van der Waals surface area contributed by atoms with Crippen LogP contribution in [0, 0.1) is 13.8 Å². The molecular weight excluding hydrogens is 314 g/mol. The molecule has 1 saturated heterocycles. The van der Waals surface area contributed by atoms with E-state index in [4.69, 9.17) is 0 Å². The Bertz CT molecular complexity index is 691. The first-order chi connectivity index (χ1) is 12.1. The van der Waals surface area contributed by atoms with Gasteiger partial charge in [-0.25, -0.2) is 9.97 Å². The van der Waals surface area contributed by atoms with E-state index in [-0.39, 0.29) is 5.91 Å². The zero-order valence-corrected chi connectivity index (χ0v) is 14.9. The van der Waals surface area contributed by atoms with Gasteiger partial charge in [-0.3, -0.25) is 9.78 Å². The zero-order chi connectivity index (χ0) is 17.6. The van der Waals surface area contributed by atoms with E-state index >= 15 is 0 Å². The van der Waals surface area contributed by atoms with Crippen LogP contribution in [-0.4, -0.2) is 51.4 Å². The molecule has 1 aliphatic heterocycles. The van der Waals surface area contributed by atoms with Crippen LogP contribution in [-0.2, 0) is 6.42 Å².